The number of nitrogens with one attached hydrogen (secondary N) is 2. The summed E-state index contributed by atoms with van der Waals surface area (Å²) >= 11 is 2.94. The minimum absolute atomic E-state index is 0.118. The van der Waals surface area contributed by atoms with E-state index < -0.39 is 0 Å². The molecule has 1 aromatic carbocycles. The number of H-pyrrole nitrogens is 1. The van der Waals surface area contributed by atoms with Crippen LogP contribution in [0, 0.1) is 6.92 Å². The number of thioether (sulfide) groups is 1. The monoisotopic (exact) mass is 385 g/mol. The van der Waals surface area contributed by atoms with Crippen molar-refractivity contribution in [1.29, 1.82) is 0 Å². The first-order chi connectivity index (χ1) is 12.7. The maximum atomic E-state index is 12.2. The van der Waals surface area contributed by atoms with Crippen LogP contribution in [0.3, 0.4) is 0 Å². The zero-order valence-corrected chi connectivity index (χ0v) is 15.5. The average Bonchev–Trinajstić information content (AvgIpc) is 3.31. The lowest BCUT2D eigenvalue weighted by Crippen LogP contribution is -2.11. The standard InChI is InChI=1S/C17H15N5O2S2/c1-10-4-2-6-12-14(10)19-13(20-15(12)23)9-25-17-22-21-16(26-17)18-8-11-5-3-7-24-11/h2-7H,8-9H2,1H3,(H,18,21)(H,19,20,23). The SMILES string of the molecule is Cc1cccc2c(=O)[nH]c(CSc3nnc(NCc4ccco4)s3)nc12. The van der Waals surface area contributed by atoms with Gasteiger partial charge in [0.05, 0.1) is 29.5 Å². The molecule has 26 heavy (non-hydrogen) atoms. The molecule has 0 unspecified atom stereocenters. The Balaban J connectivity index is 1.43. The van der Waals surface area contributed by atoms with Gasteiger partial charge in [0, 0.05) is 0 Å². The Hall–Kier alpha value is -2.65. The molecule has 0 radical (unpaired) electrons. The second-order valence-corrected chi connectivity index (χ2v) is 7.78. The molecule has 7 nitrogen and oxygen atoms in total. The Bertz CT molecular complexity index is 1090. The Morgan fingerprint density at radius 3 is 3.04 bits per heavy atom. The highest BCUT2D eigenvalue weighted by atomic mass is 32.2. The molecule has 0 spiro atoms. The molecule has 0 amide bonds. The highest BCUT2D eigenvalue weighted by Crippen LogP contribution is 2.28. The number of benzene rings is 1. The van der Waals surface area contributed by atoms with Crippen LogP contribution in [0.5, 0.6) is 0 Å². The second kappa shape index (κ2) is 7.30. The first-order valence-corrected chi connectivity index (χ1v) is 9.70. The molecule has 0 bridgehead atoms. The molecule has 0 aliphatic rings. The summed E-state index contributed by atoms with van der Waals surface area (Å²) in [7, 11) is 0. The third kappa shape index (κ3) is 3.63. The Morgan fingerprint density at radius 1 is 1.27 bits per heavy atom. The minimum Gasteiger partial charge on any atom is -0.467 e. The molecule has 0 aliphatic carbocycles. The summed E-state index contributed by atoms with van der Waals surface area (Å²) in [4.78, 5) is 19.6. The van der Waals surface area contributed by atoms with Crippen LogP contribution in [0.25, 0.3) is 10.9 Å². The van der Waals surface area contributed by atoms with Gasteiger partial charge in [-0.3, -0.25) is 4.79 Å². The van der Waals surface area contributed by atoms with Crippen molar-refractivity contribution in [2.24, 2.45) is 0 Å². The molecule has 4 rings (SSSR count). The van der Waals surface area contributed by atoms with Crippen LogP contribution < -0.4 is 10.9 Å². The lowest BCUT2D eigenvalue weighted by Gasteiger charge is -2.03. The molecule has 4 aromatic rings. The van der Waals surface area contributed by atoms with Crippen molar-refractivity contribution in [2.75, 3.05) is 5.32 Å². The van der Waals surface area contributed by atoms with Crippen molar-refractivity contribution < 1.29 is 4.42 Å². The van der Waals surface area contributed by atoms with Crippen LogP contribution in [0.1, 0.15) is 17.1 Å². The van der Waals surface area contributed by atoms with Gasteiger partial charge in [-0.15, -0.1) is 10.2 Å². The summed E-state index contributed by atoms with van der Waals surface area (Å²) in [6.45, 7) is 2.51. The Morgan fingerprint density at radius 2 is 2.19 bits per heavy atom. The number of furan rings is 1. The van der Waals surface area contributed by atoms with Crippen LogP contribution in [0.4, 0.5) is 5.13 Å². The summed E-state index contributed by atoms with van der Waals surface area (Å²) < 4.78 is 6.08. The molecule has 2 N–H and O–H groups in total. The van der Waals surface area contributed by atoms with Gasteiger partial charge in [0.1, 0.15) is 11.6 Å². The molecule has 3 heterocycles. The normalized spacial score (nSPS) is 11.1. The number of aryl methyl sites for hydroxylation is 1. The van der Waals surface area contributed by atoms with Crippen molar-refractivity contribution in [3.63, 3.8) is 0 Å². The topological polar surface area (TPSA) is 96.7 Å². The maximum Gasteiger partial charge on any atom is 0.258 e. The molecule has 0 aliphatic heterocycles. The van der Waals surface area contributed by atoms with E-state index >= 15 is 0 Å². The van der Waals surface area contributed by atoms with Gasteiger partial charge in [-0.1, -0.05) is 35.2 Å². The van der Waals surface area contributed by atoms with Crippen molar-refractivity contribution >= 4 is 39.1 Å². The fourth-order valence-corrected chi connectivity index (χ4v) is 4.08. The van der Waals surface area contributed by atoms with E-state index in [4.69, 9.17) is 4.42 Å². The van der Waals surface area contributed by atoms with Gasteiger partial charge in [0.25, 0.3) is 5.56 Å². The van der Waals surface area contributed by atoms with E-state index in [-0.39, 0.29) is 5.56 Å². The number of hydrogen-bond acceptors (Lipinski definition) is 8. The maximum absolute atomic E-state index is 12.2. The molecular weight excluding hydrogens is 370 g/mol. The van der Waals surface area contributed by atoms with Crippen molar-refractivity contribution in [2.45, 2.75) is 23.6 Å². The molecule has 0 saturated carbocycles. The number of fused-ring (bicyclic) bond motifs is 1. The van der Waals surface area contributed by atoms with E-state index in [1.165, 1.54) is 23.1 Å². The molecule has 9 heteroatoms. The lowest BCUT2D eigenvalue weighted by molar-refractivity contribution is 0.518. The molecule has 3 aromatic heterocycles. The van der Waals surface area contributed by atoms with Crippen LogP contribution in [0.15, 0.2) is 50.1 Å². The number of nitrogens with zero attached hydrogens (tertiary/aromatic N) is 3. The van der Waals surface area contributed by atoms with E-state index in [1.807, 2.05) is 31.2 Å². The zero-order chi connectivity index (χ0) is 17.9. The van der Waals surface area contributed by atoms with E-state index in [0.29, 0.717) is 23.5 Å². The van der Waals surface area contributed by atoms with Crippen molar-refractivity contribution in [3.8, 4) is 0 Å². The van der Waals surface area contributed by atoms with Gasteiger partial charge in [-0.2, -0.15) is 0 Å². The van der Waals surface area contributed by atoms with Gasteiger partial charge in [-0.25, -0.2) is 4.98 Å². The van der Waals surface area contributed by atoms with Crippen molar-refractivity contribution in [1.82, 2.24) is 20.2 Å². The zero-order valence-electron chi connectivity index (χ0n) is 13.9. The first kappa shape index (κ1) is 16.8. The van der Waals surface area contributed by atoms with E-state index in [9.17, 15) is 4.79 Å². The summed E-state index contributed by atoms with van der Waals surface area (Å²) in [5.41, 5.74) is 1.61. The van der Waals surface area contributed by atoms with Gasteiger partial charge in [0.15, 0.2) is 4.34 Å². The van der Waals surface area contributed by atoms with Crippen LogP contribution in [0.2, 0.25) is 0 Å². The number of anilines is 1. The molecule has 0 fully saturated rings. The van der Waals surface area contributed by atoms with Crippen molar-refractivity contribution in [3.05, 3.63) is 64.1 Å². The average molecular weight is 385 g/mol. The fraction of sp³-hybridized carbons (Fsp3) is 0.176. The predicted molar refractivity (Wildman–Crippen MR) is 103 cm³/mol. The second-order valence-electron chi connectivity index (χ2n) is 5.58. The van der Waals surface area contributed by atoms with Gasteiger partial charge in [0.2, 0.25) is 5.13 Å². The molecular formula is C17H15N5O2S2. The fourth-order valence-electron chi connectivity index (χ4n) is 2.47. The lowest BCUT2D eigenvalue weighted by atomic mass is 10.1. The summed E-state index contributed by atoms with van der Waals surface area (Å²) in [5.74, 6) is 1.98. The third-order valence-electron chi connectivity index (χ3n) is 3.72. The highest BCUT2D eigenvalue weighted by Gasteiger charge is 2.09. The Kier molecular flexibility index (Phi) is 4.72. The molecule has 0 atom stereocenters. The largest absolute Gasteiger partial charge is 0.467 e. The summed E-state index contributed by atoms with van der Waals surface area (Å²) in [5, 5.41) is 12.8. The number of hydrogen-bond donors (Lipinski definition) is 2. The highest BCUT2D eigenvalue weighted by molar-refractivity contribution is 8.00. The number of rotatable bonds is 6. The van der Waals surface area contributed by atoms with Crippen LogP contribution in [-0.2, 0) is 12.3 Å². The van der Waals surface area contributed by atoms with E-state index in [1.54, 1.807) is 12.3 Å². The van der Waals surface area contributed by atoms with E-state index in [2.05, 4.69) is 25.5 Å². The van der Waals surface area contributed by atoms with E-state index in [0.717, 1.165) is 26.3 Å². The van der Waals surface area contributed by atoms with Crippen LogP contribution >= 0.6 is 23.1 Å². The number of para-hydroxylation sites is 1. The predicted octanol–water partition coefficient (Wildman–Crippen LogP) is 3.58. The Labute approximate surface area is 156 Å². The van der Waals surface area contributed by atoms with Gasteiger partial charge < -0.3 is 14.7 Å². The summed E-state index contributed by atoms with van der Waals surface area (Å²) in [6, 6.07) is 9.34. The molecule has 132 valence electrons. The minimum atomic E-state index is -0.118. The molecule has 0 saturated heterocycles. The first-order valence-electron chi connectivity index (χ1n) is 7.90. The number of aromatic nitrogens is 4. The quantitative estimate of drug-likeness (QED) is 0.490. The number of aromatic amines is 1. The smallest absolute Gasteiger partial charge is 0.258 e. The van der Waals surface area contributed by atoms with Gasteiger partial charge >= 0.3 is 0 Å². The van der Waals surface area contributed by atoms with Crippen LogP contribution in [-0.4, -0.2) is 20.2 Å². The van der Waals surface area contributed by atoms with Gasteiger partial charge in [-0.05, 0) is 30.7 Å². The third-order valence-corrected chi connectivity index (χ3v) is 5.75. The summed E-state index contributed by atoms with van der Waals surface area (Å²) in [6.07, 6.45) is 1.64.